The van der Waals surface area contributed by atoms with E-state index in [-0.39, 0.29) is 17.1 Å². The molecule has 211 valence electrons. The Balaban J connectivity index is 6.30. The van der Waals surface area contributed by atoms with Crippen molar-refractivity contribution in [3.05, 3.63) is 0 Å². The first-order valence-electron chi connectivity index (χ1n) is 9.56. The van der Waals surface area contributed by atoms with E-state index < -0.39 is 69.3 Å². The lowest BCUT2D eigenvalue weighted by molar-refractivity contribution is -0.461. The largest absolute Gasteiger partial charge is 0.460 e. The minimum Gasteiger partial charge on any atom is -0.200 e. The summed E-state index contributed by atoms with van der Waals surface area (Å²) in [7, 11) is -1.60. The summed E-state index contributed by atoms with van der Waals surface area (Å²) in [5.74, 6) is -55.7. The van der Waals surface area contributed by atoms with E-state index in [1.165, 1.54) is 0 Å². The second-order valence-electron chi connectivity index (χ2n) is 8.39. The van der Waals surface area contributed by atoms with Gasteiger partial charge in [0, 0.05) is 6.42 Å². The van der Waals surface area contributed by atoms with E-state index in [4.69, 9.17) is 0 Å². The van der Waals surface area contributed by atoms with Crippen molar-refractivity contribution in [1.29, 1.82) is 0 Å². The molecule has 35 heavy (non-hydrogen) atoms. The highest BCUT2D eigenvalue weighted by atomic mass is 28.3. The number of alkyl halides is 17. The van der Waals surface area contributed by atoms with Gasteiger partial charge in [0.25, 0.3) is 0 Å². The van der Waals surface area contributed by atoms with E-state index in [1.807, 2.05) is 0 Å². The Morgan fingerprint density at radius 2 is 0.743 bits per heavy atom. The lowest BCUT2D eigenvalue weighted by Gasteiger charge is -2.42. The van der Waals surface area contributed by atoms with Crippen LogP contribution in [0.25, 0.3) is 0 Å². The molecule has 0 amide bonds. The van der Waals surface area contributed by atoms with E-state index in [0.717, 1.165) is 0 Å². The highest BCUT2D eigenvalue weighted by molar-refractivity contribution is 6.61. The lowest BCUT2D eigenvalue weighted by Crippen LogP contribution is -2.74. The maximum atomic E-state index is 13.9. The van der Waals surface area contributed by atoms with Crippen LogP contribution in [-0.4, -0.2) is 56.4 Å². The van der Waals surface area contributed by atoms with Gasteiger partial charge in [-0.2, -0.15) is 74.6 Å². The number of hydrogen-bond acceptors (Lipinski definition) is 0. The third-order valence-electron chi connectivity index (χ3n) is 5.23. The molecule has 0 aliphatic rings. The van der Waals surface area contributed by atoms with Crippen LogP contribution in [0.5, 0.6) is 0 Å². The fourth-order valence-electron chi connectivity index (χ4n) is 3.11. The Morgan fingerprint density at radius 3 is 1.03 bits per heavy atom. The Bertz CT molecular complexity index is 700. The zero-order valence-electron chi connectivity index (χ0n) is 18.2. The van der Waals surface area contributed by atoms with Crippen molar-refractivity contribution in [2.75, 3.05) is 0 Å². The van der Waals surface area contributed by atoms with E-state index >= 15 is 0 Å². The highest BCUT2D eigenvalue weighted by Crippen LogP contribution is 2.64. The van der Waals surface area contributed by atoms with Crippen LogP contribution in [0.4, 0.5) is 74.6 Å². The lowest BCUT2D eigenvalue weighted by atomic mass is 9.88. The molecule has 0 heterocycles. The molecule has 0 aliphatic heterocycles. The van der Waals surface area contributed by atoms with Crippen molar-refractivity contribution < 1.29 is 74.6 Å². The van der Waals surface area contributed by atoms with E-state index in [0.29, 0.717) is 0 Å². The molecule has 0 N–H and O–H groups in total. The van der Waals surface area contributed by atoms with Gasteiger partial charge in [0.1, 0.15) is 0 Å². The zero-order valence-corrected chi connectivity index (χ0v) is 19.2. The molecular weight excluding hydrogens is 555 g/mol. The van der Waals surface area contributed by atoms with Crippen molar-refractivity contribution in [1.82, 2.24) is 0 Å². The van der Waals surface area contributed by atoms with E-state index in [2.05, 4.69) is 0 Å². The fourth-order valence-corrected chi connectivity index (χ4v) is 6.18. The van der Waals surface area contributed by atoms with Crippen LogP contribution in [0.15, 0.2) is 0 Å². The van der Waals surface area contributed by atoms with Gasteiger partial charge in [-0.05, 0) is 6.42 Å². The zero-order chi connectivity index (χ0) is 28.9. The minimum absolute atomic E-state index is 0.170. The highest BCUT2D eigenvalue weighted by Gasteiger charge is 2.95. The molecule has 0 atom stereocenters. The van der Waals surface area contributed by atoms with Crippen molar-refractivity contribution in [3.8, 4) is 0 Å². The summed E-state index contributed by atoms with van der Waals surface area (Å²) >= 11 is 0. The third kappa shape index (κ3) is 5.36. The van der Waals surface area contributed by atoms with Crippen LogP contribution in [0, 0.1) is 0 Å². The molecule has 0 nitrogen and oxygen atoms in total. The van der Waals surface area contributed by atoms with E-state index in [9.17, 15) is 74.6 Å². The van der Waals surface area contributed by atoms with Gasteiger partial charge in [-0.1, -0.05) is 44.8 Å². The second-order valence-corrected chi connectivity index (χ2v) is 12.3. The molecule has 0 saturated carbocycles. The summed E-state index contributed by atoms with van der Waals surface area (Å²) in [5, 5.41) is 0. The Hall–Kier alpha value is -0.973. The van der Waals surface area contributed by atoms with Crippen LogP contribution in [0.2, 0.25) is 17.1 Å². The molecule has 1 radical (unpaired) electrons. The number of rotatable bonds is 12. The summed E-state index contributed by atoms with van der Waals surface area (Å²) in [6.45, 7) is 6.42. The predicted molar refractivity (Wildman–Crippen MR) is 90.7 cm³/mol. The van der Waals surface area contributed by atoms with Gasteiger partial charge in [0.2, 0.25) is 0 Å². The molecule has 18 heteroatoms. The molecule has 0 aromatic carbocycles. The van der Waals surface area contributed by atoms with Gasteiger partial charge in [-0.15, -0.1) is 0 Å². The number of halogens is 17. The smallest absolute Gasteiger partial charge is 0.200 e. The van der Waals surface area contributed by atoms with Crippen molar-refractivity contribution in [3.63, 3.8) is 0 Å². The summed E-state index contributed by atoms with van der Waals surface area (Å²) in [4.78, 5) is 0. The third-order valence-corrected chi connectivity index (χ3v) is 9.12. The van der Waals surface area contributed by atoms with Crippen LogP contribution in [0.1, 0.15) is 40.5 Å². The molecule has 0 spiro atoms. The first-order valence-corrected chi connectivity index (χ1v) is 11.4. The summed E-state index contributed by atoms with van der Waals surface area (Å²) in [6.07, 6.45) is -11.1. The molecule has 0 aliphatic carbocycles. The van der Waals surface area contributed by atoms with Crippen molar-refractivity contribution in [2.45, 2.75) is 105 Å². The summed E-state index contributed by atoms with van der Waals surface area (Å²) < 4.78 is 225. The molecule has 0 unspecified atom stereocenters. The molecule has 0 rings (SSSR count). The Morgan fingerprint density at radius 1 is 0.457 bits per heavy atom. The average molecular weight is 575 g/mol. The summed E-state index contributed by atoms with van der Waals surface area (Å²) in [6, 6.07) is -0.278. The van der Waals surface area contributed by atoms with Crippen molar-refractivity contribution >= 4 is 8.80 Å². The first-order chi connectivity index (χ1) is 15.0. The summed E-state index contributed by atoms with van der Waals surface area (Å²) in [5.41, 5.74) is -0.340. The molecule has 0 fully saturated rings. The second kappa shape index (κ2) is 9.72. The molecule has 0 aromatic rings. The Kier molecular flexibility index (Phi) is 9.45. The van der Waals surface area contributed by atoms with Crippen LogP contribution in [-0.2, 0) is 0 Å². The van der Waals surface area contributed by atoms with Crippen molar-refractivity contribution in [2.24, 2.45) is 0 Å². The Labute approximate surface area is 189 Å². The monoisotopic (exact) mass is 575 g/mol. The van der Waals surface area contributed by atoms with E-state index in [1.54, 1.807) is 27.7 Å². The molecular formula is C17H20F17Si. The first kappa shape index (κ1) is 34.0. The van der Waals surface area contributed by atoms with Gasteiger partial charge in [0.05, 0.1) is 8.80 Å². The molecule has 0 saturated heterocycles. The van der Waals surface area contributed by atoms with Crippen LogP contribution < -0.4 is 0 Å². The predicted octanol–water partition coefficient (Wildman–Crippen LogP) is 9.09. The van der Waals surface area contributed by atoms with Gasteiger partial charge < -0.3 is 0 Å². The fraction of sp³-hybridized carbons (Fsp3) is 1.00. The van der Waals surface area contributed by atoms with Crippen LogP contribution >= 0.6 is 0 Å². The SMILES string of the molecule is CC(C)[Si](CCCC(F)(F)C(F)(F)C(F)(F)C(F)(F)C(F)(F)C(F)(F)C(F)(F)C(F)(F)F)C(C)C. The normalized spacial score (nSPS) is 16.1. The maximum Gasteiger partial charge on any atom is 0.460 e. The van der Waals surface area contributed by atoms with Gasteiger partial charge >= 0.3 is 47.6 Å². The van der Waals surface area contributed by atoms with Crippen LogP contribution in [0.3, 0.4) is 0 Å². The minimum atomic E-state index is -8.58. The van der Waals surface area contributed by atoms with Gasteiger partial charge in [0.15, 0.2) is 0 Å². The maximum absolute atomic E-state index is 13.9. The average Bonchev–Trinajstić information content (AvgIpc) is 2.62. The standard InChI is InChI=1S/C17H20F17Si/c1-8(2)35(9(3)4)7-5-6-10(18,19)11(20,21)12(22,23)13(24,25)14(26,27)15(28,29)16(30,31)17(32,33)34/h8-9H,5-7H2,1-4H3. The van der Waals surface area contributed by atoms with Gasteiger partial charge in [-0.25, -0.2) is 0 Å². The van der Waals surface area contributed by atoms with Gasteiger partial charge in [-0.3, -0.25) is 0 Å². The number of hydrogen-bond donors (Lipinski definition) is 0. The molecule has 0 aromatic heterocycles. The topological polar surface area (TPSA) is 0 Å². The molecule has 0 bridgehead atoms. The quantitative estimate of drug-likeness (QED) is 0.161.